The molecule has 1 N–H and O–H groups in total. The molecule has 1 fully saturated rings. The van der Waals surface area contributed by atoms with Crippen LogP contribution >= 0.6 is 0 Å². The summed E-state index contributed by atoms with van der Waals surface area (Å²) in [5.74, 6) is 0.624. The second kappa shape index (κ2) is 9.14. The van der Waals surface area contributed by atoms with E-state index in [1.54, 1.807) is 17.9 Å². The predicted octanol–water partition coefficient (Wildman–Crippen LogP) is 3.70. The molecule has 8 nitrogen and oxygen atoms in total. The fourth-order valence-electron chi connectivity index (χ4n) is 4.53. The Morgan fingerprint density at radius 3 is 2.66 bits per heavy atom. The van der Waals surface area contributed by atoms with Gasteiger partial charge in [0.2, 0.25) is 0 Å². The third-order valence-corrected chi connectivity index (χ3v) is 8.04. The van der Waals surface area contributed by atoms with Gasteiger partial charge in [-0.1, -0.05) is 42.5 Å². The van der Waals surface area contributed by atoms with Gasteiger partial charge in [-0.05, 0) is 37.1 Å². The van der Waals surface area contributed by atoms with Crippen molar-refractivity contribution in [2.45, 2.75) is 25.9 Å². The van der Waals surface area contributed by atoms with Crippen molar-refractivity contribution in [2.24, 2.45) is 0 Å². The zero-order valence-corrected chi connectivity index (χ0v) is 20.4. The summed E-state index contributed by atoms with van der Waals surface area (Å²) in [5.41, 5.74) is 4.03. The summed E-state index contributed by atoms with van der Waals surface area (Å²) in [4.78, 5) is 18.3. The van der Waals surface area contributed by atoms with E-state index in [1.165, 1.54) is 0 Å². The van der Waals surface area contributed by atoms with E-state index in [9.17, 15) is 13.2 Å². The van der Waals surface area contributed by atoms with Gasteiger partial charge in [0.15, 0.2) is 15.5 Å². The van der Waals surface area contributed by atoms with E-state index in [0.717, 1.165) is 16.9 Å². The van der Waals surface area contributed by atoms with E-state index >= 15 is 0 Å². The summed E-state index contributed by atoms with van der Waals surface area (Å²) in [6.07, 6.45) is 0.479. The first-order chi connectivity index (χ1) is 16.8. The lowest BCUT2D eigenvalue weighted by Gasteiger charge is -2.12. The number of hydrogen-bond donors (Lipinski definition) is 1. The van der Waals surface area contributed by atoms with Gasteiger partial charge in [-0.15, -0.1) is 0 Å². The van der Waals surface area contributed by atoms with E-state index in [2.05, 4.69) is 10.4 Å². The van der Waals surface area contributed by atoms with Gasteiger partial charge in [0.25, 0.3) is 5.91 Å². The highest BCUT2D eigenvalue weighted by molar-refractivity contribution is 7.91. The van der Waals surface area contributed by atoms with Crippen molar-refractivity contribution in [3.8, 4) is 17.0 Å². The first kappa shape index (κ1) is 23.0. The van der Waals surface area contributed by atoms with Crippen LogP contribution in [-0.2, 0) is 16.4 Å². The molecule has 0 radical (unpaired) electrons. The Morgan fingerprint density at radius 1 is 1.14 bits per heavy atom. The Morgan fingerprint density at radius 2 is 1.94 bits per heavy atom. The Hall–Kier alpha value is -3.72. The lowest BCUT2D eigenvalue weighted by atomic mass is 10.0. The molecule has 1 saturated heterocycles. The maximum Gasteiger partial charge on any atom is 0.252 e. The highest BCUT2D eigenvalue weighted by Crippen LogP contribution is 2.32. The van der Waals surface area contributed by atoms with Gasteiger partial charge < -0.3 is 10.1 Å². The van der Waals surface area contributed by atoms with Crippen LogP contribution < -0.4 is 10.1 Å². The largest absolute Gasteiger partial charge is 0.497 e. The van der Waals surface area contributed by atoms with Crippen LogP contribution in [0.25, 0.3) is 22.3 Å². The number of hydrogen-bond acceptors (Lipinski definition) is 6. The molecule has 1 atom stereocenters. The number of aryl methyl sites for hydroxylation is 1. The van der Waals surface area contributed by atoms with E-state index < -0.39 is 9.84 Å². The van der Waals surface area contributed by atoms with Crippen LogP contribution in [-0.4, -0.2) is 47.7 Å². The molecule has 9 heteroatoms. The molecule has 2 aromatic carbocycles. The normalized spacial score (nSPS) is 16.9. The number of rotatable bonds is 6. The SMILES string of the molecule is COc1cccc(CNC(=O)c2cc(-c3ccccc3)nc3c2c(C)nn3[C@H]2CCS(=O)(=O)C2)c1. The fraction of sp³-hybridized carbons (Fsp3) is 0.269. The molecular formula is C26H26N4O4S. The average Bonchev–Trinajstić information content (AvgIpc) is 3.41. The van der Waals surface area contributed by atoms with E-state index in [1.807, 2.05) is 61.5 Å². The van der Waals surface area contributed by atoms with Gasteiger partial charge >= 0.3 is 0 Å². The monoisotopic (exact) mass is 490 g/mol. The second-order valence-corrected chi connectivity index (χ2v) is 11.0. The number of pyridine rings is 1. The highest BCUT2D eigenvalue weighted by Gasteiger charge is 2.32. The van der Waals surface area contributed by atoms with Crippen LogP contribution in [0.3, 0.4) is 0 Å². The summed E-state index contributed by atoms with van der Waals surface area (Å²) in [6, 6.07) is 18.6. The smallest absolute Gasteiger partial charge is 0.252 e. The van der Waals surface area contributed by atoms with Crippen LogP contribution in [0, 0.1) is 6.92 Å². The fourth-order valence-corrected chi connectivity index (χ4v) is 6.22. The minimum Gasteiger partial charge on any atom is -0.497 e. The zero-order chi connectivity index (χ0) is 24.6. The van der Waals surface area contributed by atoms with E-state index in [-0.39, 0.29) is 23.5 Å². The second-order valence-electron chi connectivity index (χ2n) is 8.74. The topological polar surface area (TPSA) is 103 Å². The molecule has 180 valence electrons. The Labute approximate surface area is 203 Å². The number of sulfone groups is 1. The molecule has 3 heterocycles. The van der Waals surface area contributed by atoms with Crippen LogP contribution in [0.4, 0.5) is 0 Å². The summed E-state index contributed by atoms with van der Waals surface area (Å²) in [5, 5.41) is 8.29. The number of fused-ring (bicyclic) bond motifs is 1. The number of nitrogens with one attached hydrogen (secondary N) is 1. The summed E-state index contributed by atoms with van der Waals surface area (Å²) < 4.78 is 31.3. The molecular weight excluding hydrogens is 464 g/mol. The lowest BCUT2D eigenvalue weighted by molar-refractivity contribution is 0.0952. The third kappa shape index (κ3) is 4.64. The number of amides is 1. The van der Waals surface area contributed by atoms with Crippen molar-refractivity contribution >= 4 is 26.8 Å². The number of carbonyl (C=O) groups is 1. The van der Waals surface area contributed by atoms with Crippen molar-refractivity contribution in [2.75, 3.05) is 18.6 Å². The molecule has 1 amide bonds. The molecule has 5 rings (SSSR count). The number of methoxy groups -OCH3 is 1. The molecule has 1 aliphatic rings. The van der Waals surface area contributed by atoms with Crippen LogP contribution in [0.15, 0.2) is 60.7 Å². The number of carbonyl (C=O) groups excluding carboxylic acids is 1. The van der Waals surface area contributed by atoms with E-state index in [0.29, 0.717) is 41.0 Å². The molecule has 0 unspecified atom stereocenters. The Bertz CT molecular complexity index is 1510. The number of ether oxygens (including phenoxy) is 1. The molecule has 0 aliphatic carbocycles. The molecule has 35 heavy (non-hydrogen) atoms. The minimum absolute atomic E-state index is 0.0256. The van der Waals surface area contributed by atoms with Crippen molar-refractivity contribution in [3.63, 3.8) is 0 Å². The molecule has 0 bridgehead atoms. The van der Waals surface area contributed by atoms with Crippen molar-refractivity contribution in [1.82, 2.24) is 20.1 Å². The quantitative estimate of drug-likeness (QED) is 0.442. The maximum atomic E-state index is 13.5. The Kier molecular flexibility index (Phi) is 6.02. The lowest BCUT2D eigenvalue weighted by Crippen LogP contribution is -2.23. The van der Waals surface area contributed by atoms with Crippen LogP contribution in [0.5, 0.6) is 5.75 Å². The van der Waals surface area contributed by atoms with Gasteiger partial charge in [0.05, 0.1) is 47.0 Å². The van der Waals surface area contributed by atoms with Crippen molar-refractivity contribution in [3.05, 3.63) is 77.5 Å². The molecule has 0 saturated carbocycles. The summed E-state index contributed by atoms with van der Waals surface area (Å²) in [6.45, 7) is 2.15. The first-order valence-corrected chi connectivity index (χ1v) is 13.2. The van der Waals surface area contributed by atoms with Gasteiger partial charge in [0.1, 0.15) is 5.75 Å². The average molecular weight is 491 g/mol. The molecule has 1 aliphatic heterocycles. The molecule has 2 aromatic heterocycles. The van der Waals surface area contributed by atoms with Crippen LogP contribution in [0.2, 0.25) is 0 Å². The maximum absolute atomic E-state index is 13.5. The standard InChI is InChI=1S/C26H26N4O4S/c1-17-24-22(26(31)27-15-18-7-6-10-21(13-18)34-2)14-23(19-8-4-3-5-9-19)28-25(24)30(29-17)20-11-12-35(32,33)16-20/h3-10,13-14,20H,11-12,15-16H2,1-2H3,(H,27,31)/t20-/m0/s1. The molecule has 0 spiro atoms. The van der Waals surface area contributed by atoms with Crippen molar-refractivity contribution in [1.29, 1.82) is 0 Å². The zero-order valence-electron chi connectivity index (χ0n) is 19.6. The van der Waals surface area contributed by atoms with Gasteiger partial charge in [-0.25, -0.2) is 18.1 Å². The van der Waals surface area contributed by atoms with Crippen molar-refractivity contribution < 1.29 is 17.9 Å². The minimum atomic E-state index is -3.11. The van der Waals surface area contributed by atoms with Gasteiger partial charge in [-0.3, -0.25) is 4.79 Å². The van der Waals surface area contributed by atoms with Gasteiger partial charge in [0, 0.05) is 12.1 Å². The number of nitrogens with zero attached hydrogens (tertiary/aromatic N) is 3. The third-order valence-electron chi connectivity index (χ3n) is 6.29. The van der Waals surface area contributed by atoms with E-state index in [4.69, 9.17) is 9.72 Å². The number of benzene rings is 2. The molecule has 4 aromatic rings. The Balaban J connectivity index is 1.58. The summed E-state index contributed by atoms with van der Waals surface area (Å²) in [7, 11) is -1.51. The predicted molar refractivity (Wildman–Crippen MR) is 134 cm³/mol. The highest BCUT2D eigenvalue weighted by atomic mass is 32.2. The van der Waals surface area contributed by atoms with Crippen LogP contribution in [0.1, 0.15) is 34.1 Å². The summed E-state index contributed by atoms with van der Waals surface area (Å²) >= 11 is 0. The van der Waals surface area contributed by atoms with Gasteiger partial charge in [-0.2, -0.15) is 5.10 Å². The first-order valence-electron chi connectivity index (χ1n) is 11.4. The number of aromatic nitrogens is 3.